The predicted molar refractivity (Wildman–Crippen MR) is 43.0 cm³/mol. The SMILES string of the molecule is CCc1c(C(F)(F)F)ccnc1N. The molecule has 2 nitrogen and oxygen atoms in total. The number of nitrogens with two attached hydrogens (primary N) is 1. The first-order chi connectivity index (χ1) is 5.96. The summed E-state index contributed by atoms with van der Waals surface area (Å²) in [6.45, 7) is 1.61. The van der Waals surface area contributed by atoms with E-state index in [1.54, 1.807) is 6.92 Å². The van der Waals surface area contributed by atoms with Crippen LogP contribution in [0.1, 0.15) is 18.1 Å². The van der Waals surface area contributed by atoms with Gasteiger partial charge in [0, 0.05) is 11.8 Å². The largest absolute Gasteiger partial charge is 0.416 e. The Kier molecular flexibility index (Phi) is 2.45. The van der Waals surface area contributed by atoms with Crippen LogP contribution in [0, 0.1) is 0 Å². The molecule has 0 atom stereocenters. The Morgan fingerprint density at radius 1 is 1.46 bits per heavy atom. The topological polar surface area (TPSA) is 38.9 Å². The second-order valence-corrected chi connectivity index (χ2v) is 2.57. The van der Waals surface area contributed by atoms with Gasteiger partial charge in [-0.2, -0.15) is 13.2 Å². The van der Waals surface area contributed by atoms with E-state index in [1.165, 1.54) is 0 Å². The number of pyridine rings is 1. The quantitative estimate of drug-likeness (QED) is 0.737. The van der Waals surface area contributed by atoms with Crippen LogP contribution >= 0.6 is 0 Å². The molecule has 0 aliphatic rings. The lowest BCUT2D eigenvalue weighted by Crippen LogP contribution is -2.11. The van der Waals surface area contributed by atoms with E-state index in [2.05, 4.69) is 4.98 Å². The zero-order chi connectivity index (χ0) is 10.1. The summed E-state index contributed by atoms with van der Waals surface area (Å²) >= 11 is 0. The van der Waals surface area contributed by atoms with Crippen molar-refractivity contribution in [3.8, 4) is 0 Å². The lowest BCUT2D eigenvalue weighted by Gasteiger charge is -2.12. The summed E-state index contributed by atoms with van der Waals surface area (Å²) in [6.07, 6.45) is -3.05. The fourth-order valence-electron chi connectivity index (χ4n) is 1.15. The zero-order valence-corrected chi connectivity index (χ0v) is 7.02. The number of hydrogen-bond acceptors (Lipinski definition) is 2. The number of hydrogen-bond donors (Lipinski definition) is 1. The molecule has 1 aromatic heterocycles. The average molecular weight is 190 g/mol. The molecule has 2 N–H and O–H groups in total. The van der Waals surface area contributed by atoms with Crippen molar-refractivity contribution in [2.75, 3.05) is 5.73 Å². The molecule has 0 aliphatic heterocycles. The van der Waals surface area contributed by atoms with Gasteiger partial charge >= 0.3 is 6.18 Å². The second kappa shape index (κ2) is 3.24. The Bertz CT molecular complexity index is 307. The number of anilines is 1. The van der Waals surface area contributed by atoms with E-state index in [4.69, 9.17) is 5.73 Å². The molecule has 0 spiro atoms. The van der Waals surface area contributed by atoms with Gasteiger partial charge in [0.05, 0.1) is 5.56 Å². The maximum absolute atomic E-state index is 12.3. The Hall–Kier alpha value is -1.26. The monoisotopic (exact) mass is 190 g/mol. The maximum atomic E-state index is 12.3. The number of halogens is 3. The van der Waals surface area contributed by atoms with Gasteiger partial charge < -0.3 is 5.73 Å². The molecule has 0 unspecified atom stereocenters. The second-order valence-electron chi connectivity index (χ2n) is 2.57. The first-order valence-electron chi connectivity index (χ1n) is 3.77. The molecule has 0 saturated heterocycles. The average Bonchev–Trinajstić information content (AvgIpc) is 2.02. The van der Waals surface area contributed by atoms with E-state index in [1.807, 2.05) is 0 Å². The van der Waals surface area contributed by atoms with Crippen molar-refractivity contribution in [3.05, 3.63) is 23.4 Å². The number of aromatic nitrogens is 1. The molecule has 1 aromatic rings. The van der Waals surface area contributed by atoms with Gasteiger partial charge in [-0.25, -0.2) is 4.98 Å². The summed E-state index contributed by atoms with van der Waals surface area (Å²) in [7, 11) is 0. The van der Waals surface area contributed by atoms with Crippen molar-refractivity contribution in [1.82, 2.24) is 4.98 Å². The molecular weight excluding hydrogens is 181 g/mol. The van der Waals surface area contributed by atoms with Crippen molar-refractivity contribution < 1.29 is 13.2 Å². The molecule has 0 aromatic carbocycles. The van der Waals surface area contributed by atoms with Gasteiger partial charge in [0.1, 0.15) is 5.82 Å². The molecule has 0 amide bonds. The highest BCUT2D eigenvalue weighted by Crippen LogP contribution is 2.33. The molecule has 1 rings (SSSR count). The smallest absolute Gasteiger partial charge is 0.383 e. The Labute approximate surface area is 73.6 Å². The lowest BCUT2D eigenvalue weighted by atomic mass is 10.1. The zero-order valence-electron chi connectivity index (χ0n) is 7.02. The molecule has 13 heavy (non-hydrogen) atoms. The Morgan fingerprint density at radius 3 is 2.46 bits per heavy atom. The molecule has 1 heterocycles. The minimum Gasteiger partial charge on any atom is -0.383 e. The molecule has 0 radical (unpaired) electrons. The highest BCUT2D eigenvalue weighted by atomic mass is 19.4. The van der Waals surface area contributed by atoms with Gasteiger partial charge in [-0.3, -0.25) is 0 Å². The van der Waals surface area contributed by atoms with Crippen LogP contribution in [0.25, 0.3) is 0 Å². The fraction of sp³-hybridized carbons (Fsp3) is 0.375. The van der Waals surface area contributed by atoms with Crippen LogP contribution in [0.2, 0.25) is 0 Å². The molecule has 72 valence electrons. The highest BCUT2D eigenvalue weighted by molar-refractivity contribution is 5.45. The summed E-state index contributed by atoms with van der Waals surface area (Å²) in [5.74, 6) is -0.0441. The third-order valence-electron chi connectivity index (χ3n) is 1.75. The molecule has 5 heteroatoms. The van der Waals surface area contributed by atoms with Crippen LogP contribution in [0.5, 0.6) is 0 Å². The normalized spacial score (nSPS) is 11.7. The van der Waals surface area contributed by atoms with Gasteiger partial charge in [0.25, 0.3) is 0 Å². The summed E-state index contributed by atoms with van der Waals surface area (Å²) < 4.78 is 37.0. The van der Waals surface area contributed by atoms with Gasteiger partial charge in [-0.1, -0.05) is 6.92 Å². The van der Waals surface area contributed by atoms with E-state index in [0.717, 1.165) is 12.3 Å². The summed E-state index contributed by atoms with van der Waals surface area (Å²) in [5.41, 5.74) is 4.69. The lowest BCUT2D eigenvalue weighted by molar-refractivity contribution is -0.138. The number of rotatable bonds is 1. The van der Waals surface area contributed by atoms with E-state index in [9.17, 15) is 13.2 Å². The third-order valence-corrected chi connectivity index (χ3v) is 1.75. The summed E-state index contributed by atoms with van der Waals surface area (Å²) in [6, 6.07) is 0.940. The van der Waals surface area contributed by atoms with Crippen molar-refractivity contribution >= 4 is 5.82 Å². The van der Waals surface area contributed by atoms with E-state index in [0.29, 0.717) is 0 Å². The number of nitrogen functional groups attached to an aromatic ring is 1. The van der Waals surface area contributed by atoms with Crippen molar-refractivity contribution in [2.24, 2.45) is 0 Å². The highest BCUT2D eigenvalue weighted by Gasteiger charge is 2.33. The van der Waals surface area contributed by atoms with Gasteiger partial charge in [0.2, 0.25) is 0 Å². The van der Waals surface area contributed by atoms with Crippen LogP contribution in [0.3, 0.4) is 0 Å². The van der Waals surface area contributed by atoms with Crippen LogP contribution in [-0.4, -0.2) is 4.98 Å². The molecule has 0 fully saturated rings. The number of alkyl halides is 3. The number of nitrogens with zero attached hydrogens (tertiary/aromatic N) is 1. The van der Waals surface area contributed by atoms with Crippen LogP contribution in [-0.2, 0) is 12.6 Å². The van der Waals surface area contributed by atoms with Gasteiger partial charge in [-0.05, 0) is 12.5 Å². The minimum absolute atomic E-state index is 0.0441. The molecular formula is C8H9F3N2. The van der Waals surface area contributed by atoms with Gasteiger partial charge in [-0.15, -0.1) is 0 Å². The summed E-state index contributed by atoms with van der Waals surface area (Å²) in [4.78, 5) is 3.60. The van der Waals surface area contributed by atoms with Crippen molar-refractivity contribution in [1.29, 1.82) is 0 Å². The molecule has 0 saturated carbocycles. The Balaban J connectivity index is 3.29. The van der Waals surface area contributed by atoms with Gasteiger partial charge in [0.15, 0.2) is 0 Å². The fourth-order valence-corrected chi connectivity index (χ4v) is 1.15. The Morgan fingerprint density at radius 2 is 2.08 bits per heavy atom. The third kappa shape index (κ3) is 1.91. The van der Waals surface area contributed by atoms with E-state index in [-0.39, 0.29) is 17.8 Å². The standard InChI is InChI=1S/C8H9F3N2/c1-2-5-6(8(9,10)11)3-4-13-7(5)12/h3-4H,2H2,1H3,(H2,12,13). The van der Waals surface area contributed by atoms with Crippen molar-refractivity contribution in [3.63, 3.8) is 0 Å². The first-order valence-corrected chi connectivity index (χ1v) is 3.77. The van der Waals surface area contributed by atoms with Crippen LogP contribution in [0.15, 0.2) is 12.3 Å². The summed E-state index contributed by atoms with van der Waals surface area (Å²) in [5, 5.41) is 0. The van der Waals surface area contributed by atoms with Crippen molar-refractivity contribution in [2.45, 2.75) is 19.5 Å². The van der Waals surface area contributed by atoms with Crippen LogP contribution < -0.4 is 5.73 Å². The predicted octanol–water partition coefficient (Wildman–Crippen LogP) is 2.24. The molecule has 0 aliphatic carbocycles. The minimum atomic E-state index is -4.34. The van der Waals surface area contributed by atoms with E-state index >= 15 is 0 Å². The first kappa shape index (κ1) is 9.83. The molecule has 0 bridgehead atoms. The maximum Gasteiger partial charge on any atom is 0.416 e. The van der Waals surface area contributed by atoms with E-state index < -0.39 is 11.7 Å². The van der Waals surface area contributed by atoms with Crippen LogP contribution in [0.4, 0.5) is 19.0 Å².